The number of nitrogens with one attached hydrogen (secondary N) is 1. The van der Waals surface area contributed by atoms with Crippen molar-refractivity contribution in [2.24, 2.45) is 0 Å². The Morgan fingerprint density at radius 3 is 2.21 bits per heavy atom. The quantitative estimate of drug-likeness (QED) is 0.327. The molecule has 2 N–H and O–H groups in total. The molecule has 0 saturated heterocycles. The number of rotatable bonds is 8. The number of thioether (sulfide) groups is 1. The first-order chi connectivity index (χ1) is 13.5. The van der Waals surface area contributed by atoms with Gasteiger partial charge in [-0.15, -0.1) is 0 Å². The van der Waals surface area contributed by atoms with Crippen LogP contribution in [0.3, 0.4) is 0 Å². The summed E-state index contributed by atoms with van der Waals surface area (Å²) in [5.74, 6) is -0.568. The molecule has 1 unspecified atom stereocenters. The first-order valence-electron chi connectivity index (χ1n) is 8.41. The Morgan fingerprint density at radius 2 is 1.61 bits per heavy atom. The molecule has 3 aromatic rings. The van der Waals surface area contributed by atoms with E-state index >= 15 is 0 Å². The molecule has 0 spiro atoms. The molecule has 0 aromatic heterocycles. The second-order valence-corrected chi connectivity index (χ2v) is 7.75. The number of carbonyl (C=O) groups is 1. The molecule has 3 aromatic carbocycles. The van der Waals surface area contributed by atoms with Crippen molar-refractivity contribution in [2.45, 2.75) is 16.9 Å². The predicted octanol–water partition coefficient (Wildman–Crippen LogP) is 6.19. The van der Waals surface area contributed by atoms with Gasteiger partial charge < -0.3 is 15.2 Å². The van der Waals surface area contributed by atoms with Crippen LogP contribution in [0, 0.1) is 0 Å². The van der Waals surface area contributed by atoms with Gasteiger partial charge in [0.2, 0.25) is 5.44 Å². The van der Waals surface area contributed by atoms with E-state index in [0.29, 0.717) is 22.3 Å². The molecule has 7 heteroatoms. The van der Waals surface area contributed by atoms with Crippen molar-refractivity contribution in [3.05, 3.63) is 88.4 Å². The lowest BCUT2D eigenvalue weighted by Crippen LogP contribution is -2.23. The van der Waals surface area contributed by atoms with E-state index in [9.17, 15) is 9.90 Å². The third-order valence-electron chi connectivity index (χ3n) is 3.82. The van der Waals surface area contributed by atoms with Crippen LogP contribution < -0.4 is 10.1 Å². The molecule has 4 nitrogen and oxygen atoms in total. The van der Waals surface area contributed by atoms with Gasteiger partial charge in [-0.2, -0.15) is 0 Å². The third-order valence-corrected chi connectivity index (χ3v) is 5.58. The summed E-state index contributed by atoms with van der Waals surface area (Å²) in [5.41, 5.74) is 0.616. The minimum Gasteiger partial charge on any atom is -0.478 e. The summed E-state index contributed by atoms with van der Waals surface area (Å²) in [6.45, 7) is 0.473. The van der Waals surface area contributed by atoms with Crippen LogP contribution in [0.25, 0.3) is 0 Å². The van der Waals surface area contributed by atoms with Crippen LogP contribution in [0.1, 0.15) is 5.56 Å². The van der Waals surface area contributed by atoms with E-state index in [1.165, 1.54) is 0 Å². The minimum atomic E-state index is -1.04. The van der Waals surface area contributed by atoms with E-state index in [-0.39, 0.29) is 0 Å². The van der Waals surface area contributed by atoms with E-state index in [2.05, 4.69) is 5.32 Å². The molecule has 144 valence electrons. The Bertz CT molecular complexity index is 916. The Hall–Kier alpha value is -2.34. The Kier molecular flexibility index (Phi) is 7.09. The van der Waals surface area contributed by atoms with Crippen LogP contribution in [0.5, 0.6) is 5.75 Å². The molecular weight excluding hydrogens is 417 g/mol. The highest BCUT2D eigenvalue weighted by atomic mass is 35.5. The van der Waals surface area contributed by atoms with Crippen molar-refractivity contribution in [3.8, 4) is 5.75 Å². The molecule has 0 aliphatic rings. The van der Waals surface area contributed by atoms with E-state index in [1.807, 2.05) is 42.5 Å². The van der Waals surface area contributed by atoms with Crippen LogP contribution >= 0.6 is 35.0 Å². The van der Waals surface area contributed by atoms with Crippen LogP contribution in [-0.2, 0) is 11.3 Å². The zero-order chi connectivity index (χ0) is 19.9. The highest BCUT2D eigenvalue weighted by molar-refractivity contribution is 8.00. The van der Waals surface area contributed by atoms with Gasteiger partial charge in [-0.3, -0.25) is 0 Å². The number of hydrogen-bond donors (Lipinski definition) is 2. The number of ether oxygens (including phenoxy) is 1. The number of halogens is 2. The van der Waals surface area contributed by atoms with Crippen LogP contribution in [0.2, 0.25) is 10.0 Å². The SMILES string of the molecule is O=C(O)C(Oc1ccc(NCc2c(Cl)cccc2Cl)cc1)Sc1ccccc1. The molecule has 0 radical (unpaired) electrons. The number of benzene rings is 3. The molecule has 3 rings (SSSR count). The number of carboxylic acids is 1. The van der Waals surface area contributed by atoms with Crippen molar-refractivity contribution in [3.63, 3.8) is 0 Å². The molecule has 0 amide bonds. The lowest BCUT2D eigenvalue weighted by atomic mass is 10.2. The zero-order valence-corrected chi connectivity index (χ0v) is 17.0. The highest BCUT2D eigenvalue weighted by Gasteiger charge is 2.21. The van der Waals surface area contributed by atoms with Gasteiger partial charge in [0.25, 0.3) is 0 Å². The van der Waals surface area contributed by atoms with Crippen LogP contribution in [-0.4, -0.2) is 16.5 Å². The summed E-state index contributed by atoms with van der Waals surface area (Å²) in [4.78, 5) is 12.3. The van der Waals surface area contributed by atoms with Gasteiger partial charge in [-0.05, 0) is 48.5 Å². The van der Waals surface area contributed by atoms with Gasteiger partial charge in [-0.1, -0.05) is 59.2 Å². The summed E-state index contributed by atoms with van der Waals surface area (Å²) in [6, 6.07) is 21.7. The smallest absolute Gasteiger partial charge is 0.356 e. The fourth-order valence-electron chi connectivity index (χ4n) is 2.41. The fraction of sp³-hybridized carbons (Fsp3) is 0.0952. The van der Waals surface area contributed by atoms with Gasteiger partial charge in [0, 0.05) is 32.7 Å². The molecule has 0 saturated carbocycles. The molecule has 0 heterocycles. The average molecular weight is 434 g/mol. The van der Waals surface area contributed by atoms with Crippen LogP contribution in [0.15, 0.2) is 77.7 Å². The maximum absolute atomic E-state index is 11.5. The van der Waals surface area contributed by atoms with Gasteiger partial charge >= 0.3 is 5.97 Å². The normalized spacial score (nSPS) is 11.6. The maximum atomic E-state index is 11.5. The minimum absolute atomic E-state index is 0.470. The van der Waals surface area contributed by atoms with Crippen molar-refractivity contribution < 1.29 is 14.6 Å². The second kappa shape index (κ2) is 9.73. The zero-order valence-electron chi connectivity index (χ0n) is 14.6. The monoisotopic (exact) mass is 433 g/mol. The summed E-state index contributed by atoms with van der Waals surface area (Å²) in [7, 11) is 0. The maximum Gasteiger partial charge on any atom is 0.356 e. The van der Waals surface area contributed by atoms with E-state index in [1.54, 1.807) is 30.3 Å². The molecule has 0 bridgehead atoms. The van der Waals surface area contributed by atoms with Gasteiger partial charge in [0.1, 0.15) is 5.75 Å². The first kappa shape index (κ1) is 20.4. The number of hydrogen-bond acceptors (Lipinski definition) is 4. The predicted molar refractivity (Wildman–Crippen MR) is 115 cm³/mol. The summed E-state index contributed by atoms with van der Waals surface area (Å²) in [6.07, 6.45) is 0. The summed E-state index contributed by atoms with van der Waals surface area (Å²) >= 11 is 13.5. The molecule has 0 aliphatic heterocycles. The topological polar surface area (TPSA) is 58.6 Å². The molecule has 0 fully saturated rings. The Morgan fingerprint density at radius 1 is 0.964 bits per heavy atom. The Balaban J connectivity index is 1.62. The fourth-order valence-corrected chi connectivity index (χ4v) is 3.77. The highest BCUT2D eigenvalue weighted by Crippen LogP contribution is 2.28. The van der Waals surface area contributed by atoms with E-state index in [4.69, 9.17) is 27.9 Å². The van der Waals surface area contributed by atoms with E-state index < -0.39 is 11.4 Å². The standard InChI is InChI=1S/C21H17Cl2NO3S/c22-18-7-4-8-19(23)17(18)13-24-14-9-11-15(12-10-14)27-21(20(25)26)28-16-5-2-1-3-6-16/h1-12,21,24H,13H2,(H,25,26). The van der Waals surface area contributed by atoms with Crippen LogP contribution in [0.4, 0.5) is 5.69 Å². The third kappa shape index (κ3) is 5.58. The van der Waals surface area contributed by atoms with Gasteiger partial charge in [-0.25, -0.2) is 4.79 Å². The second-order valence-electron chi connectivity index (χ2n) is 5.80. The molecule has 1 atom stereocenters. The largest absolute Gasteiger partial charge is 0.478 e. The number of carboxylic acid groups (broad SMARTS) is 1. The summed E-state index contributed by atoms with van der Waals surface area (Å²) < 4.78 is 5.63. The van der Waals surface area contributed by atoms with E-state index in [0.717, 1.165) is 27.9 Å². The molecule has 28 heavy (non-hydrogen) atoms. The first-order valence-corrected chi connectivity index (χ1v) is 10.0. The summed E-state index contributed by atoms with van der Waals surface area (Å²) in [5, 5.41) is 13.9. The van der Waals surface area contributed by atoms with Crippen molar-refractivity contribution >= 4 is 46.6 Å². The molecule has 0 aliphatic carbocycles. The lowest BCUT2D eigenvalue weighted by molar-refractivity contribution is -0.140. The van der Waals surface area contributed by atoms with Crippen molar-refractivity contribution in [1.82, 2.24) is 0 Å². The lowest BCUT2D eigenvalue weighted by Gasteiger charge is -2.15. The van der Waals surface area contributed by atoms with Crippen molar-refractivity contribution in [2.75, 3.05) is 5.32 Å². The average Bonchev–Trinajstić information content (AvgIpc) is 2.69. The van der Waals surface area contributed by atoms with Crippen molar-refractivity contribution in [1.29, 1.82) is 0 Å². The van der Waals surface area contributed by atoms with Gasteiger partial charge in [0.05, 0.1) is 0 Å². The Labute approximate surface area is 177 Å². The molecular formula is C21H17Cl2NO3S. The number of anilines is 1. The number of aliphatic carboxylic acids is 1. The van der Waals surface area contributed by atoms with Gasteiger partial charge in [0.15, 0.2) is 0 Å².